The average molecular weight is 489 g/mol. The first-order valence-corrected chi connectivity index (χ1v) is 10.8. The molecule has 11 heteroatoms. The van der Waals surface area contributed by atoms with Gasteiger partial charge in [0.1, 0.15) is 5.02 Å². The topological polar surface area (TPSA) is 77.6 Å². The van der Waals surface area contributed by atoms with E-state index in [0.29, 0.717) is 18.4 Å². The zero-order valence-electron chi connectivity index (χ0n) is 18.1. The first-order chi connectivity index (χ1) is 16.2. The van der Waals surface area contributed by atoms with Crippen LogP contribution in [0.1, 0.15) is 23.2 Å². The van der Waals surface area contributed by atoms with E-state index >= 15 is 0 Å². The number of benzene rings is 1. The van der Waals surface area contributed by atoms with Gasteiger partial charge >= 0.3 is 6.18 Å². The summed E-state index contributed by atoms with van der Waals surface area (Å²) < 4.78 is 40.8. The minimum Gasteiger partial charge on any atom is -0.382 e. The highest BCUT2D eigenvalue weighted by molar-refractivity contribution is 6.32. The molecule has 0 unspecified atom stereocenters. The normalized spacial score (nSPS) is 11.6. The van der Waals surface area contributed by atoms with Crippen molar-refractivity contribution in [3.8, 4) is 11.5 Å². The minimum atomic E-state index is -4.52. The molecule has 7 nitrogen and oxygen atoms in total. The number of nitrogens with zero attached hydrogens (tertiary/aromatic N) is 5. The number of pyridine rings is 1. The van der Waals surface area contributed by atoms with Gasteiger partial charge in [-0.2, -0.15) is 28.1 Å². The molecule has 0 saturated carbocycles. The number of anilines is 1. The molecule has 176 valence electrons. The van der Waals surface area contributed by atoms with Gasteiger partial charge in [-0.1, -0.05) is 29.8 Å². The summed E-state index contributed by atoms with van der Waals surface area (Å²) >= 11 is 6.19. The second-order valence-corrected chi connectivity index (χ2v) is 7.92. The summed E-state index contributed by atoms with van der Waals surface area (Å²) in [5.41, 5.74) is 1.77. The predicted octanol–water partition coefficient (Wildman–Crippen LogP) is 4.84. The first kappa shape index (κ1) is 23.5. The van der Waals surface area contributed by atoms with Crippen molar-refractivity contribution in [1.29, 1.82) is 0 Å². The van der Waals surface area contributed by atoms with Crippen LogP contribution in [-0.4, -0.2) is 31.1 Å². The molecule has 3 aromatic heterocycles. The largest absolute Gasteiger partial charge is 0.417 e. The maximum atomic E-state index is 12.7. The van der Waals surface area contributed by atoms with E-state index in [1.807, 2.05) is 48.1 Å². The van der Waals surface area contributed by atoms with Crippen molar-refractivity contribution < 1.29 is 13.2 Å². The first-order valence-electron chi connectivity index (χ1n) is 10.4. The molecule has 0 aliphatic rings. The van der Waals surface area contributed by atoms with Gasteiger partial charge in [-0.05, 0) is 49.6 Å². The van der Waals surface area contributed by atoms with Gasteiger partial charge < -0.3 is 5.32 Å². The summed E-state index contributed by atoms with van der Waals surface area (Å²) in [4.78, 5) is 16.2. The Morgan fingerprint density at radius 3 is 2.53 bits per heavy atom. The predicted molar refractivity (Wildman–Crippen MR) is 123 cm³/mol. The molecule has 0 aliphatic heterocycles. The lowest BCUT2D eigenvalue weighted by molar-refractivity contribution is -0.137. The Labute approximate surface area is 197 Å². The molecule has 0 spiro atoms. The van der Waals surface area contributed by atoms with E-state index in [2.05, 4.69) is 20.5 Å². The van der Waals surface area contributed by atoms with Crippen LogP contribution >= 0.6 is 11.6 Å². The number of nitrogens with one attached hydrogen (secondary N) is 1. The third kappa shape index (κ3) is 5.12. The summed E-state index contributed by atoms with van der Waals surface area (Å²) in [6.45, 7) is 2.48. The molecular formula is C23H20ClF3N6O. The molecule has 4 rings (SSSR count). The van der Waals surface area contributed by atoms with E-state index in [9.17, 15) is 18.0 Å². The maximum Gasteiger partial charge on any atom is 0.417 e. The molecule has 1 N–H and O–H groups in total. The fourth-order valence-corrected chi connectivity index (χ4v) is 3.55. The van der Waals surface area contributed by atoms with E-state index in [1.54, 1.807) is 0 Å². The molecular weight excluding hydrogens is 469 g/mol. The Balaban J connectivity index is 1.39. The van der Waals surface area contributed by atoms with Crippen molar-refractivity contribution in [2.45, 2.75) is 25.9 Å². The number of rotatable bonds is 7. The molecule has 1 aromatic carbocycles. The Hall–Kier alpha value is -3.66. The van der Waals surface area contributed by atoms with Crippen LogP contribution in [0.2, 0.25) is 5.02 Å². The summed E-state index contributed by atoms with van der Waals surface area (Å²) in [5, 5.41) is 11.5. The maximum absolute atomic E-state index is 12.7. The van der Waals surface area contributed by atoms with E-state index in [0.717, 1.165) is 46.6 Å². The zero-order valence-corrected chi connectivity index (χ0v) is 18.8. The number of aromatic nitrogens is 5. The molecule has 0 amide bonds. The van der Waals surface area contributed by atoms with E-state index in [-0.39, 0.29) is 10.8 Å². The number of aryl methyl sites for hydroxylation is 2. The number of hydrogen-bond acceptors (Lipinski definition) is 5. The lowest BCUT2D eigenvalue weighted by Gasteiger charge is -2.11. The monoisotopic (exact) mass is 488 g/mol. The van der Waals surface area contributed by atoms with Crippen molar-refractivity contribution in [2.75, 3.05) is 11.9 Å². The van der Waals surface area contributed by atoms with Crippen molar-refractivity contribution in [3.63, 3.8) is 0 Å². The van der Waals surface area contributed by atoms with Crippen molar-refractivity contribution in [1.82, 2.24) is 24.5 Å². The number of halogens is 4. The zero-order chi connectivity index (χ0) is 24.3. The van der Waals surface area contributed by atoms with Gasteiger partial charge in [0.05, 0.1) is 28.8 Å². The van der Waals surface area contributed by atoms with Crippen molar-refractivity contribution in [2.24, 2.45) is 0 Å². The highest BCUT2D eigenvalue weighted by Crippen LogP contribution is 2.28. The van der Waals surface area contributed by atoms with E-state index in [1.165, 1.54) is 6.20 Å². The van der Waals surface area contributed by atoms with Crippen LogP contribution < -0.4 is 10.9 Å². The quantitative estimate of drug-likeness (QED) is 0.377. The van der Waals surface area contributed by atoms with E-state index < -0.39 is 17.3 Å². The summed E-state index contributed by atoms with van der Waals surface area (Å²) in [6.07, 6.45) is 0.989. The molecule has 3 heterocycles. The van der Waals surface area contributed by atoms with Crippen LogP contribution in [0.5, 0.6) is 0 Å². The van der Waals surface area contributed by atoms with Crippen molar-refractivity contribution in [3.05, 3.63) is 93.3 Å². The van der Waals surface area contributed by atoms with E-state index in [4.69, 9.17) is 11.6 Å². The Morgan fingerprint density at radius 1 is 1.09 bits per heavy atom. The number of hydrogen-bond donors (Lipinski definition) is 1. The van der Waals surface area contributed by atoms with Crippen LogP contribution in [0.3, 0.4) is 0 Å². The second kappa shape index (κ2) is 9.68. The lowest BCUT2D eigenvalue weighted by atomic mass is 10.1. The Morgan fingerprint density at radius 2 is 1.85 bits per heavy atom. The molecule has 34 heavy (non-hydrogen) atoms. The van der Waals surface area contributed by atoms with Crippen LogP contribution in [0.4, 0.5) is 18.9 Å². The molecule has 0 radical (unpaired) electrons. The Kier molecular flexibility index (Phi) is 6.69. The molecule has 0 bridgehead atoms. The van der Waals surface area contributed by atoms with Gasteiger partial charge in [0.15, 0.2) is 5.82 Å². The molecule has 0 fully saturated rings. The summed E-state index contributed by atoms with van der Waals surface area (Å²) in [7, 11) is 0. The van der Waals surface area contributed by atoms with Gasteiger partial charge in [-0.15, -0.1) is 0 Å². The average Bonchev–Trinajstić information content (AvgIpc) is 3.20. The summed E-state index contributed by atoms with van der Waals surface area (Å²) in [6, 6.07) is 11.7. The van der Waals surface area contributed by atoms with Crippen LogP contribution in [0.15, 0.2) is 65.8 Å². The second-order valence-electron chi connectivity index (χ2n) is 7.54. The highest BCUT2D eigenvalue weighted by Gasteiger charge is 2.30. The van der Waals surface area contributed by atoms with Gasteiger partial charge in [0.25, 0.3) is 5.56 Å². The smallest absolute Gasteiger partial charge is 0.382 e. The SMILES string of the molecule is Cc1nn(-c2ccccc2)cc1CCCNc1cnn(-c2ccc(C(F)(F)F)cn2)c(=O)c1Cl. The molecule has 0 saturated heterocycles. The van der Waals surface area contributed by atoms with Crippen LogP contribution in [0, 0.1) is 6.92 Å². The number of para-hydroxylation sites is 1. The molecule has 0 atom stereocenters. The van der Waals surface area contributed by atoms with Gasteiger partial charge in [-0.3, -0.25) is 4.79 Å². The fourth-order valence-electron chi connectivity index (χ4n) is 3.35. The fraction of sp³-hybridized carbons (Fsp3) is 0.217. The minimum absolute atomic E-state index is 0.0580. The third-order valence-corrected chi connectivity index (χ3v) is 5.54. The summed E-state index contributed by atoms with van der Waals surface area (Å²) in [5.74, 6) is -0.0580. The van der Waals surface area contributed by atoms with Gasteiger partial charge in [0.2, 0.25) is 0 Å². The van der Waals surface area contributed by atoms with Gasteiger partial charge in [-0.25, -0.2) is 9.67 Å². The van der Waals surface area contributed by atoms with Gasteiger partial charge in [0, 0.05) is 18.9 Å². The lowest BCUT2D eigenvalue weighted by Crippen LogP contribution is -2.24. The van der Waals surface area contributed by atoms with Crippen molar-refractivity contribution >= 4 is 17.3 Å². The standard InChI is InChI=1S/C23H20ClF3N6O/c1-15-16(14-32(31-15)18-7-3-2-4-8-18)6-5-11-28-19-13-30-33(22(34)21(19)24)20-10-9-17(12-29-20)23(25,26)27/h2-4,7-10,12-14,28H,5-6,11H2,1H3. The highest BCUT2D eigenvalue weighted by atomic mass is 35.5. The molecule has 0 aliphatic carbocycles. The number of alkyl halides is 3. The van der Waals surface area contributed by atoms with Crippen LogP contribution in [-0.2, 0) is 12.6 Å². The third-order valence-electron chi connectivity index (χ3n) is 5.17. The Bertz CT molecular complexity index is 1330. The van der Waals surface area contributed by atoms with Crippen LogP contribution in [0.25, 0.3) is 11.5 Å². The molecule has 4 aromatic rings.